The second-order valence-corrected chi connectivity index (χ2v) is 6.19. The molecule has 0 heterocycles. The van der Waals surface area contributed by atoms with Crippen LogP contribution in [0.15, 0.2) is 42.5 Å². The van der Waals surface area contributed by atoms with Crippen molar-refractivity contribution < 1.29 is 14.3 Å². The molecule has 0 saturated heterocycles. The third-order valence-electron chi connectivity index (χ3n) is 2.96. The molecule has 0 aliphatic rings. The molecule has 0 bridgehead atoms. The molecular weight excluding hydrogens is 427 g/mol. The molecule has 3 N–H and O–H groups in total. The number of rotatable bonds is 5. The fourth-order valence-corrected chi connectivity index (χ4v) is 2.75. The molecule has 0 amide bonds. The zero-order valence-corrected chi connectivity index (χ0v) is 15.3. The first kappa shape index (κ1) is 17.5. The number of halogens is 1. The zero-order chi connectivity index (χ0) is 16.8. The van der Waals surface area contributed by atoms with Gasteiger partial charge in [-0.15, -0.1) is 0 Å². The summed E-state index contributed by atoms with van der Waals surface area (Å²) in [4.78, 5) is 11.8. The highest BCUT2D eigenvalue weighted by atomic mass is 127. The van der Waals surface area contributed by atoms with Crippen LogP contribution in [0.5, 0.6) is 5.75 Å². The zero-order valence-electron chi connectivity index (χ0n) is 12.3. The summed E-state index contributed by atoms with van der Waals surface area (Å²) >= 11 is 6.98. The van der Waals surface area contributed by atoms with E-state index in [0.29, 0.717) is 23.6 Å². The standard InChI is InChI=1S/C16H15IN2O3S/c1-21-15(20)11-7-12(17)14(19-16(18)23)13(8-11)22-9-10-5-3-2-4-6-10/h2-8H,9H2,1H3,(H3,18,19,23). The lowest BCUT2D eigenvalue weighted by Crippen LogP contribution is -2.20. The van der Waals surface area contributed by atoms with Crippen molar-refractivity contribution >= 4 is 51.6 Å². The average Bonchev–Trinajstić information content (AvgIpc) is 2.55. The number of thiocarbonyl (C=S) groups is 1. The summed E-state index contributed by atoms with van der Waals surface area (Å²) in [5, 5.41) is 3.01. The van der Waals surface area contributed by atoms with Gasteiger partial charge in [0.25, 0.3) is 0 Å². The van der Waals surface area contributed by atoms with Crippen molar-refractivity contribution in [3.8, 4) is 5.75 Å². The van der Waals surface area contributed by atoms with Crippen LogP contribution in [-0.4, -0.2) is 18.2 Å². The van der Waals surface area contributed by atoms with Crippen LogP contribution >= 0.6 is 34.8 Å². The number of carbonyl (C=O) groups excluding carboxylic acids is 1. The predicted octanol–water partition coefficient (Wildman–Crippen LogP) is 3.31. The summed E-state index contributed by atoms with van der Waals surface area (Å²) in [5.41, 5.74) is 7.59. The maximum Gasteiger partial charge on any atom is 0.338 e. The molecule has 0 aromatic heterocycles. The van der Waals surface area contributed by atoms with Crippen LogP contribution in [0.1, 0.15) is 15.9 Å². The highest BCUT2D eigenvalue weighted by Gasteiger charge is 2.16. The number of methoxy groups -OCH3 is 1. The Kier molecular flexibility index (Phi) is 6.17. The van der Waals surface area contributed by atoms with Gasteiger partial charge in [-0.1, -0.05) is 30.3 Å². The van der Waals surface area contributed by atoms with Gasteiger partial charge in [0.05, 0.1) is 18.4 Å². The molecule has 0 aliphatic heterocycles. The third-order valence-corrected chi connectivity index (χ3v) is 3.91. The first-order valence-corrected chi connectivity index (χ1v) is 8.15. The molecule has 0 saturated carbocycles. The normalized spacial score (nSPS) is 10.0. The lowest BCUT2D eigenvalue weighted by molar-refractivity contribution is 0.0600. The third kappa shape index (κ3) is 4.80. The van der Waals surface area contributed by atoms with Crippen molar-refractivity contribution in [2.45, 2.75) is 6.61 Å². The van der Waals surface area contributed by atoms with E-state index < -0.39 is 5.97 Å². The first-order chi connectivity index (χ1) is 11.0. The van der Waals surface area contributed by atoms with E-state index in [1.807, 2.05) is 30.3 Å². The quantitative estimate of drug-likeness (QED) is 0.421. The van der Waals surface area contributed by atoms with Gasteiger partial charge in [0.1, 0.15) is 12.4 Å². The molecule has 2 aromatic rings. The Hall–Kier alpha value is -1.87. The van der Waals surface area contributed by atoms with Crippen LogP contribution in [0.3, 0.4) is 0 Å². The van der Waals surface area contributed by atoms with E-state index in [9.17, 15) is 4.79 Å². The summed E-state index contributed by atoms with van der Waals surface area (Å²) in [6.07, 6.45) is 0. The molecule has 0 fully saturated rings. The minimum atomic E-state index is -0.436. The topological polar surface area (TPSA) is 73.6 Å². The van der Waals surface area contributed by atoms with Crippen molar-refractivity contribution in [2.75, 3.05) is 12.4 Å². The summed E-state index contributed by atoms with van der Waals surface area (Å²) in [7, 11) is 1.33. The number of carbonyl (C=O) groups is 1. The van der Waals surface area contributed by atoms with Gasteiger partial charge in [-0.25, -0.2) is 4.79 Å². The van der Waals surface area contributed by atoms with Crippen molar-refractivity contribution in [3.05, 3.63) is 57.2 Å². The van der Waals surface area contributed by atoms with Gasteiger partial charge in [-0.2, -0.15) is 0 Å². The molecule has 120 valence electrons. The molecule has 2 rings (SSSR count). The van der Waals surface area contributed by atoms with Gasteiger partial charge in [0.2, 0.25) is 0 Å². The fourth-order valence-electron chi connectivity index (χ4n) is 1.91. The van der Waals surface area contributed by atoms with Gasteiger partial charge in [0.15, 0.2) is 5.11 Å². The van der Waals surface area contributed by atoms with Crippen molar-refractivity contribution in [2.24, 2.45) is 5.73 Å². The Labute approximate surface area is 153 Å². The Balaban J connectivity index is 2.34. The van der Waals surface area contributed by atoms with E-state index in [2.05, 4.69) is 27.9 Å². The van der Waals surface area contributed by atoms with Crippen LogP contribution < -0.4 is 15.8 Å². The number of anilines is 1. The second-order valence-electron chi connectivity index (χ2n) is 4.59. The molecule has 0 spiro atoms. The van der Waals surface area contributed by atoms with Gasteiger partial charge in [-0.3, -0.25) is 0 Å². The molecule has 0 aliphatic carbocycles. The van der Waals surface area contributed by atoms with E-state index in [0.717, 1.165) is 9.13 Å². The van der Waals surface area contributed by atoms with Crippen LogP contribution in [0.25, 0.3) is 0 Å². The van der Waals surface area contributed by atoms with Crippen LogP contribution in [0.2, 0.25) is 0 Å². The lowest BCUT2D eigenvalue weighted by atomic mass is 10.2. The maximum atomic E-state index is 11.8. The number of benzene rings is 2. The van der Waals surface area contributed by atoms with Gasteiger partial charge in [-0.05, 0) is 52.5 Å². The van der Waals surface area contributed by atoms with E-state index in [1.165, 1.54) is 7.11 Å². The summed E-state index contributed by atoms with van der Waals surface area (Å²) in [6, 6.07) is 13.0. The van der Waals surface area contributed by atoms with Gasteiger partial charge >= 0.3 is 5.97 Å². The smallest absolute Gasteiger partial charge is 0.338 e. The predicted molar refractivity (Wildman–Crippen MR) is 102 cm³/mol. The molecular formula is C16H15IN2O3S. The fraction of sp³-hybridized carbons (Fsp3) is 0.125. The Morgan fingerprint density at radius 1 is 1.30 bits per heavy atom. The highest BCUT2D eigenvalue weighted by molar-refractivity contribution is 14.1. The summed E-state index contributed by atoms with van der Waals surface area (Å²) in [6.45, 7) is 0.355. The number of nitrogens with one attached hydrogen (secondary N) is 1. The van der Waals surface area contributed by atoms with E-state index in [-0.39, 0.29) is 5.11 Å². The second kappa shape index (κ2) is 8.11. The van der Waals surface area contributed by atoms with Crippen molar-refractivity contribution in [3.63, 3.8) is 0 Å². The summed E-state index contributed by atoms with van der Waals surface area (Å²) < 4.78 is 11.4. The van der Waals surface area contributed by atoms with Gasteiger partial charge < -0.3 is 20.5 Å². The Morgan fingerprint density at radius 2 is 2.00 bits per heavy atom. The largest absolute Gasteiger partial charge is 0.487 e. The highest BCUT2D eigenvalue weighted by Crippen LogP contribution is 2.32. The molecule has 0 atom stereocenters. The average molecular weight is 442 g/mol. The van der Waals surface area contributed by atoms with Crippen LogP contribution in [0, 0.1) is 3.57 Å². The lowest BCUT2D eigenvalue weighted by Gasteiger charge is -2.15. The van der Waals surface area contributed by atoms with E-state index in [1.54, 1.807) is 12.1 Å². The monoisotopic (exact) mass is 442 g/mol. The number of nitrogens with two attached hydrogens (primary N) is 1. The number of ether oxygens (including phenoxy) is 2. The molecule has 0 radical (unpaired) electrons. The van der Waals surface area contributed by atoms with Crippen molar-refractivity contribution in [1.82, 2.24) is 0 Å². The van der Waals surface area contributed by atoms with E-state index >= 15 is 0 Å². The van der Waals surface area contributed by atoms with Crippen LogP contribution in [-0.2, 0) is 11.3 Å². The molecule has 23 heavy (non-hydrogen) atoms. The molecule has 0 unspecified atom stereocenters. The molecule has 2 aromatic carbocycles. The van der Waals surface area contributed by atoms with E-state index in [4.69, 9.17) is 27.4 Å². The molecule has 7 heteroatoms. The number of hydrogen-bond acceptors (Lipinski definition) is 4. The summed E-state index contributed by atoms with van der Waals surface area (Å²) in [5.74, 6) is 0.0447. The van der Waals surface area contributed by atoms with Gasteiger partial charge in [0, 0.05) is 3.57 Å². The maximum absolute atomic E-state index is 11.8. The Bertz CT molecular complexity index is 723. The first-order valence-electron chi connectivity index (χ1n) is 6.66. The Morgan fingerprint density at radius 3 is 2.61 bits per heavy atom. The van der Waals surface area contributed by atoms with Crippen LogP contribution in [0.4, 0.5) is 5.69 Å². The minimum Gasteiger partial charge on any atom is -0.487 e. The van der Waals surface area contributed by atoms with Crippen molar-refractivity contribution in [1.29, 1.82) is 0 Å². The number of hydrogen-bond donors (Lipinski definition) is 2. The minimum absolute atomic E-state index is 0.123. The SMILES string of the molecule is COC(=O)c1cc(I)c(NC(N)=S)c(OCc2ccccc2)c1. The number of esters is 1. The molecule has 5 nitrogen and oxygen atoms in total.